The van der Waals surface area contributed by atoms with Gasteiger partial charge in [-0.3, -0.25) is 4.98 Å². The first-order valence-electron chi connectivity index (χ1n) is 7.50. The Labute approximate surface area is 127 Å². The van der Waals surface area contributed by atoms with Gasteiger partial charge in [0.2, 0.25) is 0 Å². The van der Waals surface area contributed by atoms with Crippen molar-refractivity contribution in [1.82, 2.24) is 10.3 Å². The Kier molecular flexibility index (Phi) is 5.53. The number of likely N-dealkylation sites (N-methyl/N-ethyl adjacent to an activating group) is 1. The summed E-state index contributed by atoms with van der Waals surface area (Å²) in [6.45, 7) is 6.80. The third-order valence-corrected chi connectivity index (χ3v) is 3.70. The van der Waals surface area contributed by atoms with Crippen LogP contribution in [-0.2, 0) is 11.3 Å². The predicted octanol–water partition coefficient (Wildman–Crippen LogP) is 2.82. The number of pyridine rings is 1. The normalized spacial score (nSPS) is 12.6. The van der Waals surface area contributed by atoms with E-state index in [4.69, 9.17) is 9.72 Å². The Hall–Kier alpha value is -1.65. The van der Waals surface area contributed by atoms with Crippen molar-refractivity contribution in [3.8, 4) is 0 Å². The molecule has 2 aromatic rings. The van der Waals surface area contributed by atoms with E-state index in [0.717, 1.165) is 24.3 Å². The van der Waals surface area contributed by atoms with Crippen LogP contribution in [0.1, 0.15) is 19.5 Å². The maximum absolute atomic E-state index is 5.33. The van der Waals surface area contributed by atoms with Gasteiger partial charge < -0.3 is 15.0 Å². The minimum atomic E-state index is 0.327. The molecule has 0 bridgehead atoms. The highest BCUT2D eigenvalue weighted by Crippen LogP contribution is 2.28. The lowest BCUT2D eigenvalue weighted by atomic mass is 10.1. The Morgan fingerprint density at radius 2 is 2.10 bits per heavy atom. The lowest BCUT2D eigenvalue weighted by Gasteiger charge is -2.31. The molecule has 0 spiro atoms. The van der Waals surface area contributed by atoms with Crippen LogP contribution in [0.2, 0.25) is 0 Å². The molecular weight excluding hydrogens is 262 g/mol. The molecule has 4 heteroatoms. The fourth-order valence-corrected chi connectivity index (χ4v) is 2.77. The minimum Gasteiger partial charge on any atom is -0.383 e. The van der Waals surface area contributed by atoms with Gasteiger partial charge in [0.05, 0.1) is 17.8 Å². The SMILES string of the molecule is CCN(c1cc(CNC)nc2ccccc12)C(C)COC. The van der Waals surface area contributed by atoms with Gasteiger partial charge in [0, 0.05) is 37.3 Å². The van der Waals surface area contributed by atoms with Crippen molar-refractivity contribution in [3.63, 3.8) is 0 Å². The van der Waals surface area contributed by atoms with Crippen molar-refractivity contribution in [2.24, 2.45) is 0 Å². The van der Waals surface area contributed by atoms with E-state index < -0.39 is 0 Å². The molecule has 0 aliphatic heterocycles. The van der Waals surface area contributed by atoms with Gasteiger partial charge in [-0.1, -0.05) is 18.2 Å². The number of fused-ring (bicyclic) bond motifs is 1. The molecule has 2 rings (SSSR count). The molecule has 0 saturated carbocycles. The quantitative estimate of drug-likeness (QED) is 0.849. The van der Waals surface area contributed by atoms with Crippen LogP contribution in [0, 0.1) is 0 Å². The lowest BCUT2D eigenvalue weighted by Crippen LogP contribution is -2.36. The highest BCUT2D eigenvalue weighted by atomic mass is 16.5. The molecule has 0 aliphatic carbocycles. The van der Waals surface area contributed by atoms with Crippen LogP contribution in [-0.4, -0.2) is 38.3 Å². The Morgan fingerprint density at radius 1 is 1.33 bits per heavy atom. The standard InChI is InChI=1S/C17H25N3O/c1-5-20(13(2)12-21-4)17-10-14(11-18-3)19-16-9-7-6-8-15(16)17/h6-10,13,18H,5,11-12H2,1-4H3. The van der Waals surface area contributed by atoms with Crippen LogP contribution in [0.5, 0.6) is 0 Å². The van der Waals surface area contributed by atoms with Gasteiger partial charge in [-0.25, -0.2) is 0 Å². The van der Waals surface area contributed by atoms with Crippen molar-refractivity contribution in [3.05, 3.63) is 36.0 Å². The molecule has 1 unspecified atom stereocenters. The van der Waals surface area contributed by atoms with Gasteiger partial charge in [-0.15, -0.1) is 0 Å². The number of nitrogens with one attached hydrogen (secondary N) is 1. The van der Waals surface area contributed by atoms with E-state index in [1.54, 1.807) is 7.11 Å². The number of hydrogen-bond donors (Lipinski definition) is 1. The summed E-state index contributed by atoms with van der Waals surface area (Å²) in [6.07, 6.45) is 0. The highest BCUT2D eigenvalue weighted by molar-refractivity contribution is 5.92. The van der Waals surface area contributed by atoms with Crippen LogP contribution in [0.15, 0.2) is 30.3 Å². The molecule has 1 aromatic carbocycles. The fraction of sp³-hybridized carbons (Fsp3) is 0.471. The van der Waals surface area contributed by atoms with Crippen molar-refractivity contribution in [1.29, 1.82) is 0 Å². The molecule has 0 aliphatic rings. The molecule has 114 valence electrons. The second-order valence-corrected chi connectivity index (χ2v) is 5.27. The van der Waals surface area contributed by atoms with Crippen LogP contribution in [0.4, 0.5) is 5.69 Å². The van der Waals surface area contributed by atoms with E-state index in [1.807, 2.05) is 13.1 Å². The predicted molar refractivity (Wildman–Crippen MR) is 88.9 cm³/mol. The Morgan fingerprint density at radius 3 is 2.76 bits per heavy atom. The zero-order valence-electron chi connectivity index (χ0n) is 13.4. The van der Waals surface area contributed by atoms with Crippen LogP contribution >= 0.6 is 0 Å². The molecule has 1 aromatic heterocycles. The van der Waals surface area contributed by atoms with E-state index in [2.05, 4.69) is 48.3 Å². The third kappa shape index (κ3) is 3.52. The van der Waals surface area contributed by atoms with Crippen molar-refractivity contribution in [2.75, 3.05) is 32.2 Å². The summed E-state index contributed by atoms with van der Waals surface area (Å²) in [7, 11) is 3.70. The van der Waals surface area contributed by atoms with Crippen LogP contribution in [0.25, 0.3) is 10.9 Å². The molecule has 4 nitrogen and oxygen atoms in total. The summed E-state index contributed by atoms with van der Waals surface area (Å²) in [5.74, 6) is 0. The van der Waals surface area contributed by atoms with E-state index in [-0.39, 0.29) is 0 Å². The summed E-state index contributed by atoms with van der Waals surface area (Å²) >= 11 is 0. The van der Waals surface area contributed by atoms with Gasteiger partial charge in [0.25, 0.3) is 0 Å². The second-order valence-electron chi connectivity index (χ2n) is 5.27. The van der Waals surface area contributed by atoms with Crippen LogP contribution < -0.4 is 10.2 Å². The summed E-state index contributed by atoms with van der Waals surface area (Å²) < 4.78 is 5.33. The van der Waals surface area contributed by atoms with Crippen molar-refractivity contribution >= 4 is 16.6 Å². The number of hydrogen-bond acceptors (Lipinski definition) is 4. The van der Waals surface area contributed by atoms with Gasteiger partial charge in [-0.2, -0.15) is 0 Å². The average Bonchev–Trinajstić information content (AvgIpc) is 2.48. The number of aromatic nitrogens is 1. The minimum absolute atomic E-state index is 0.327. The van der Waals surface area contributed by atoms with Crippen molar-refractivity contribution in [2.45, 2.75) is 26.4 Å². The zero-order chi connectivity index (χ0) is 15.2. The number of para-hydroxylation sites is 1. The molecule has 1 N–H and O–H groups in total. The zero-order valence-corrected chi connectivity index (χ0v) is 13.4. The van der Waals surface area contributed by atoms with Crippen molar-refractivity contribution < 1.29 is 4.74 Å². The summed E-state index contributed by atoms with van der Waals surface area (Å²) in [6, 6.07) is 10.8. The molecule has 1 atom stereocenters. The van der Waals surface area contributed by atoms with E-state index >= 15 is 0 Å². The second kappa shape index (κ2) is 7.38. The number of benzene rings is 1. The molecular formula is C17H25N3O. The highest BCUT2D eigenvalue weighted by Gasteiger charge is 2.16. The summed E-state index contributed by atoms with van der Waals surface area (Å²) in [5.41, 5.74) is 3.34. The largest absolute Gasteiger partial charge is 0.383 e. The maximum Gasteiger partial charge on any atom is 0.0726 e. The Balaban J connectivity index is 2.53. The van der Waals surface area contributed by atoms with Gasteiger partial charge in [0.15, 0.2) is 0 Å². The molecule has 0 saturated heterocycles. The number of methoxy groups -OCH3 is 1. The Bertz CT molecular complexity index is 585. The average molecular weight is 287 g/mol. The fourth-order valence-electron chi connectivity index (χ4n) is 2.77. The smallest absolute Gasteiger partial charge is 0.0726 e. The molecule has 21 heavy (non-hydrogen) atoms. The van der Waals surface area contributed by atoms with Gasteiger partial charge in [0.1, 0.15) is 0 Å². The monoisotopic (exact) mass is 287 g/mol. The number of nitrogens with zero attached hydrogens (tertiary/aromatic N) is 2. The third-order valence-electron chi connectivity index (χ3n) is 3.70. The first kappa shape index (κ1) is 15.7. The first-order valence-corrected chi connectivity index (χ1v) is 7.50. The van der Waals surface area contributed by atoms with E-state index in [9.17, 15) is 0 Å². The van der Waals surface area contributed by atoms with Gasteiger partial charge >= 0.3 is 0 Å². The van der Waals surface area contributed by atoms with E-state index in [1.165, 1.54) is 11.1 Å². The summed E-state index contributed by atoms with van der Waals surface area (Å²) in [5, 5.41) is 4.38. The molecule has 1 heterocycles. The van der Waals surface area contributed by atoms with Gasteiger partial charge in [-0.05, 0) is 33.0 Å². The molecule has 0 radical (unpaired) electrons. The number of anilines is 1. The maximum atomic E-state index is 5.33. The number of ether oxygens (including phenoxy) is 1. The lowest BCUT2D eigenvalue weighted by molar-refractivity contribution is 0.182. The number of rotatable bonds is 7. The van der Waals surface area contributed by atoms with Crippen LogP contribution in [0.3, 0.4) is 0 Å². The molecule has 0 amide bonds. The topological polar surface area (TPSA) is 37.4 Å². The van der Waals surface area contributed by atoms with E-state index in [0.29, 0.717) is 12.6 Å². The molecule has 0 fully saturated rings. The first-order chi connectivity index (χ1) is 10.2. The summed E-state index contributed by atoms with van der Waals surface area (Å²) in [4.78, 5) is 7.11.